The van der Waals surface area contributed by atoms with Crippen LogP contribution >= 0.6 is 11.8 Å². The molecule has 0 spiro atoms. The van der Waals surface area contributed by atoms with Gasteiger partial charge in [0, 0.05) is 17.8 Å². The van der Waals surface area contributed by atoms with Crippen molar-refractivity contribution in [1.29, 1.82) is 0 Å². The van der Waals surface area contributed by atoms with Crippen LogP contribution in [0.2, 0.25) is 0 Å². The Morgan fingerprint density at radius 1 is 1.32 bits per heavy atom. The maximum atomic E-state index is 11.4. The molecule has 4 nitrogen and oxygen atoms in total. The van der Waals surface area contributed by atoms with Crippen molar-refractivity contribution in [2.24, 2.45) is 0 Å². The molecule has 112 valence electrons. The van der Waals surface area contributed by atoms with Crippen LogP contribution < -0.4 is 10.6 Å². The molecular weight excluding hydrogens is 260 g/mol. The zero-order valence-electron chi connectivity index (χ0n) is 12.6. The second kappa shape index (κ2) is 8.00. The van der Waals surface area contributed by atoms with Gasteiger partial charge in [-0.1, -0.05) is 0 Å². The van der Waals surface area contributed by atoms with Crippen molar-refractivity contribution in [1.82, 2.24) is 10.6 Å². The van der Waals surface area contributed by atoms with E-state index in [9.17, 15) is 4.79 Å². The van der Waals surface area contributed by atoms with E-state index >= 15 is 0 Å². The normalized spacial score (nSPS) is 23.4. The number of hydrogen-bond donors (Lipinski definition) is 2. The van der Waals surface area contributed by atoms with E-state index in [1.807, 2.05) is 32.5 Å². The smallest absolute Gasteiger partial charge is 0.407 e. The average Bonchev–Trinajstić information content (AvgIpc) is 2.74. The molecule has 0 saturated heterocycles. The van der Waals surface area contributed by atoms with Gasteiger partial charge in [0.25, 0.3) is 0 Å². The van der Waals surface area contributed by atoms with Crippen molar-refractivity contribution in [3.05, 3.63) is 0 Å². The van der Waals surface area contributed by atoms with Gasteiger partial charge < -0.3 is 15.4 Å². The van der Waals surface area contributed by atoms with Gasteiger partial charge in [-0.25, -0.2) is 4.79 Å². The Bertz CT molecular complexity index is 279. The van der Waals surface area contributed by atoms with Crippen molar-refractivity contribution in [2.75, 3.05) is 19.3 Å². The monoisotopic (exact) mass is 288 g/mol. The lowest BCUT2D eigenvalue weighted by molar-refractivity contribution is 0.0527. The van der Waals surface area contributed by atoms with Crippen LogP contribution in [-0.2, 0) is 4.74 Å². The van der Waals surface area contributed by atoms with Gasteiger partial charge in [0.05, 0.1) is 0 Å². The topological polar surface area (TPSA) is 50.4 Å². The van der Waals surface area contributed by atoms with Crippen molar-refractivity contribution in [3.8, 4) is 0 Å². The fourth-order valence-electron chi connectivity index (χ4n) is 2.24. The van der Waals surface area contributed by atoms with Crippen LogP contribution in [0.5, 0.6) is 0 Å². The number of carbonyl (C=O) groups excluding carboxylic acids is 1. The van der Waals surface area contributed by atoms with E-state index in [1.165, 1.54) is 19.3 Å². The summed E-state index contributed by atoms with van der Waals surface area (Å²) in [6.07, 6.45) is 6.70. The molecule has 0 heterocycles. The highest BCUT2D eigenvalue weighted by atomic mass is 32.2. The molecular formula is C14H28N2O2S. The SMILES string of the molecule is CSC1CCC(NCCCNC(=O)OC(C)(C)C)C1. The highest BCUT2D eigenvalue weighted by Crippen LogP contribution is 2.27. The lowest BCUT2D eigenvalue weighted by Gasteiger charge is -2.19. The number of ether oxygens (including phenoxy) is 1. The number of rotatable bonds is 6. The molecule has 1 aliphatic rings. The minimum atomic E-state index is -0.418. The molecule has 0 aromatic rings. The predicted octanol–water partition coefficient (Wildman–Crippen LogP) is 2.77. The van der Waals surface area contributed by atoms with Crippen LogP contribution in [-0.4, -0.2) is 42.3 Å². The zero-order chi connectivity index (χ0) is 14.3. The van der Waals surface area contributed by atoms with Gasteiger partial charge in [0.2, 0.25) is 0 Å². The summed E-state index contributed by atoms with van der Waals surface area (Å²) in [6.45, 7) is 7.24. The quantitative estimate of drug-likeness (QED) is 0.738. The first-order valence-corrected chi connectivity index (χ1v) is 8.42. The van der Waals surface area contributed by atoms with Crippen LogP contribution in [0.1, 0.15) is 46.5 Å². The molecule has 1 amide bonds. The van der Waals surface area contributed by atoms with Crippen LogP contribution in [0.25, 0.3) is 0 Å². The third-order valence-corrected chi connectivity index (χ3v) is 4.27. The van der Waals surface area contributed by atoms with E-state index in [-0.39, 0.29) is 6.09 Å². The molecule has 0 bridgehead atoms. The molecule has 1 saturated carbocycles. The van der Waals surface area contributed by atoms with E-state index in [2.05, 4.69) is 16.9 Å². The van der Waals surface area contributed by atoms with E-state index in [4.69, 9.17) is 4.74 Å². The van der Waals surface area contributed by atoms with Crippen LogP contribution in [0, 0.1) is 0 Å². The summed E-state index contributed by atoms with van der Waals surface area (Å²) in [4.78, 5) is 11.4. The lowest BCUT2D eigenvalue weighted by atomic mass is 10.2. The number of hydrogen-bond acceptors (Lipinski definition) is 4. The molecule has 0 aromatic heterocycles. The van der Waals surface area contributed by atoms with E-state index in [0.717, 1.165) is 18.2 Å². The van der Waals surface area contributed by atoms with Crippen molar-refractivity contribution in [2.45, 2.75) is 63.3 Å². The molecule has 0 aromatic carbocycles. The molecule has 0 radical (unpaired) electrons. The summed E-state index contributed by atoms with van der Waals surface area (Å²) in [6, 6.07) is 0.666. The minimum absolute atomic E-state index is 0.323. The Hall–Kier alpha value is -0.420. The van der Waals surface area contributed by atoms with Gasteiger partial charge in [-0.2, -0.15) is 11.8 Å². The second-order valence-electron chi connectivity index (χ2n) is 6.10. The van der Waals surface area contributed by atoms with Gasteiger partial charge >= 0.3 is 6.09 Å². The predicted molar refractivity (Wildman–Crippen MR) is 81.8 cm³/mol. The molecule has 2 atom stereocenters. The molecule has 1 rings (SSSR count). The molecule has 1 aliphatic carbocycles. The van der Waals surface area contributed by atoms with Crippen molar-refractivity contribution < 1.29 is 9.53 Å². The molecule has 5 heteroatoms. The standard InChI is InChI=1S/C14H28N2O2S/c1-14(2,3)18-13(17)16-9-5-8-15-11-6-7-12(10-11)19-4/h11-12,15H,5-10H2,1-4H3,(H,16,17). The first-order valence-electron chi connectivity index (χ1n) is 7.14. The zero-order valence-corrected chi connectivity index (χ0v) is 13.4. The minimum Gasteiger partial charge on any atom is -0.444 e. The molecule has 0 aliphatic heterocycles. The van der Waals surface area contributed by atoms with Crippen LogP contribution in [0.15, 0.2) is 0 Å². The summed E-state index contributed by atoms with van der Waals surface area (Å²) in [5, 5.41) is 7.17. The van der Waals surface area contributed by atoms with E-state index in [1.54, 1.807) is 0 Å². The number of amides is 1. The Kier molecular flexibility index (Phi) is 7.00. The second-order valence-corrected chi connectivity index (χ2v) is 7.24. The fourth-order valence-corrected chi connectivity index (χ4v) is 3.04. The largest absolute Gasteiger partial charge is 0.444 e. The number of nitrogens with one attached hydrogen (secondary N) is 2. The number of thioether (sulfide) groups is 1. The third-order valence-electron chi connectivity index (χ3n) is 3.17. The van der Waals surface area contributed by atoms with Gasteiger partial charge in [0.1, 0.15) is 5.60 Å². The van der Waals surface area contributed by atoms with E-state index < -0.39 is 5.60 Å². The Morgan fingerprint density at radius 3 is 2.63 bits per heavy atom. The Morgan fingerprint density at radius 2 is 2.05 bits per heavy atom. The van der Waals surface area contributed by atoms with Gasteiger partial charge in [-0.15, -0.1) is 0 Å². The van der Waals surface area contributed by atoms with Gasteiger partial charge in [0.15, 0.2) is 0 Å². The highest BCUT2D eigenvalue weighted by molar-refractivity contribution is 7.99. The van der Waals surface area contributed by atoms with Crippen molar-refractivity contribution >= 4 is 17.9 Å². The molecule has 2 unspecified atom stereocenters. The Labute approximate surface area is 121 Å². The van der Waals surface area contributed by atoms with Crippen LogP contribution in [0.3, 0.4) is 0 Å². The summed E-state index contributed by atoms with van der Waals surface area (Å²) in [5.74, 6) is 0. The summed E-state index contributed by atoms with van der Waals surface area (Å²) >= 11 is 1.98. The van der Waals surface area contributed by atoms with Crippen LogP contribution in [0.4, 0.5) is 4.79 Å². The van der Waals surface area contributed by atoms with Crippen molar-refractivity contribution in [3.63, 3.8) is 0 Å². The average molecular weight is 288 g/mol. The van der Waals surface area contributed by atoms with Gasteiger partial charge in [-0.05, 0) is 59.3 Å². The van der Waals surface area contributed by atoms with Gasteiger partial charge in [-0.3, -0.25) is 0 Å². The maximum Gasteiger partial charge on any atom is 0.407 e. The fraction of sp³-hybridized carbons (Fsp3) is 0.929. The highest BCUT2D eigenvalue weighted by Gasteiger charge is 2.22. The first kappa shape index (κ1) is 16.6. The summed E-state index contributed by atoms with van der Waals surface area (Å²) in [7, 11) is 0. The molecule has 1 fully saturated rings. The lowest BCUT2D eigenvalue weighted by Crippen LogP contribution is -2.35. The number of carbonyl (C=O) groups is 1. The molecule has 2 N–H and O–H groups in total. The summed E-state index contributed by atoms with van der Waals surface area (Å²) < 4.78 is 5.17. The summed E-state index contributed by atoms with van der Waals surface area (Å²) in [5.41, 5.74) is -0.418. The first-order chi connectivity index (χ1) is 8.90. The molecule has 19 heavy (non-hydrogen) atoms. The van der Waals surface area contributed by atoms with E-state index in [0.29, 0.717) is 12.6 Å². The third kappa shape index (κ3) is 7.67. The maximum absolute atomic E-state index is 11.4. The Balaban J connectivity index is 1.98. The number of alkyl carbamates (subject to hydrolysis) is 1.